The van der Waals surface area contributed by atoms with Crippen LogP contribution in [0.3, 0.4) is 0 Å². The van der Waals surface area contributed by atoms with E-state index < -0.39 is 0 Å². The Balaban J connectivity index is 0.0000116. The molecule has 1 unspecified atom stereocenters. The van der Waals surface area contributed by atoms with Gasteiger partial charge in [-0.1, -0.05) is 108 Å². The third-order valence-electron chi connectivity index (χ3n) is 6.73. The largest absolute Gasteiger partial charge is 0.862 e. The number of hydrogen-bond donors (Lipinski definition) is 1. The molecule has 0 fully saturated rings. The summed E-state index contributed by atoms with van der Waals surface area (Å²) in [6, 6.07) is 10.6. The van der Waals surface area contributed by atoms with Gasteiger partial charge in [0.25, 0.3) is 0 Å². The summed E-state index contributed by atoms with van der Waals surface area (Å²) in [5.74, 6) is 0.0680. The first kappa shape index (κ1) is 33.9. The second-order valence-electron chi connectivity index (χ2n) is 10.8. The zero-order valence-electron chi connectivity index (χ0n) is 23.1. The minimum Gasteiger partial charge on any atom is -0.862 e. The Bertz CT molecular complexity index is 622. The predicted octanol–water partition coefficient (Wildman–Crippen LogP) is 7.07. The van der Waals surface area contributed by atoms with E-state index in [4.69, 9.17) is 0 Å². The fraction of sp³-hybridized carbons (Fsp3) is 0.767. The highest BCUT2D eigenvalue weighted by Crippen LogP contribution is 2.14. The van der Waals surface area contributed by atoms with Gasteiger partial charge in [0.15, 0.2) is 0 Å². The molecule has 204 valence electrons. The molecular formula is C30H55ClN2O2. The van der Waals surface area contributed by atoms with Crippen molar-refractivity contribution in [3.05, 3.63) is 35.9 Å². The van der Waals surface area contributed by atoms with Crippen LogP contribution in [0.5, 0.6) is 0 Å². The van der Waals surface area contributed by atoms with E-state index in [1.54, 1.807) is 0 Å². The Morgan fingerprint density at radius 3 is 1.97 bits per heavy atom. The second-order valence-corrected chi connectivity index (χ2v) is 10.8. The first-order chi connectivity index (χ1) is 16.4. The Morgan fingerprint density at radius 1 is 0.829 bits per heavy atom. The zero-order chi connectivity index (χ0) is 24.9. The van der Waals surface area contributed by atoms with Crippen LogP contribution in [0.15, 0.2) is 35.3 Å². The van der Waals surface area contributed by atoms with Gasteiger partial charge < -0.3 is 19.7 Å². The van der Waals surface area contributed by atoms with E-state index in [9.17, 15) is 10.2 Å². The first-order valence-electron chi connectivity index (χ1n) is 14.2. The van der Waals surface area contributed by atoms with Crippen molar-refractivity contribution >= 4 is 18.3 Å². The summed E-state index contributed by atoms with van der Waals surface area (Å²) in [4.78, 5) is 4.27. The third-order valence-corrected chi connectivity index (χ3v) is 6.73. The van der Waals surface area contributed by atoms with Crippen molar-refractivity contribution in [1.29, 1.82) is 0 Å². The van der Waals surface area contributed by atoms with E-state index in [2.05, 4.69) is 56.3 Å². The molecule has 0 heterocycles. The smallest absolute Gasteiger partial charge is 0.104 e. The molecule has 1 aromatic carbocycles. The van der Waals surface area contributed by atoms with Crippen LogP contribution < -0.4 is 5.11 Å². The topological polar surface area (TPSA) is 55.6 Å². The fourth-order valence-corrected chi connectivity index (χ4v) is 4.61. The van der Waals surface area contributed by atoms with Gasteiger partial charge in [-0.25, -0.2) is 0 Å². The Kier molecular flexibility index (Phi) is 21.4. The zero-order valence-corrected chi connectivity index (χ0v) is 23.9. The number of rotatable bonds is 22. The molecule has 0 aromatic heterocycles. The summed E-state index contributed by atoms with van der Waals surface area (Å²) in [5, 5.41) is 22.2. The maximum absolute atomic E-state index is 12.0. The lowest BCUT2D eigenvalue weighted by molar-refractivity contribution is -0.903. The van der Waals surface area contributed by atoms with E-state index in [-0.39, 0.29) is 24.4 Å². The summed E-state index contributed by atoms with van der Waals surface area (Å²) in [6.07, 6.45) is 17.9. The van der Waals surface area contributed by atoms with Gasteiger partial charge in [-0.15, -0.1) is 12.4 Å². The Labute approximate surface area is 223 Å². The molecule has 0 aliphatic heterocycles. The lowest BCUT2D eigenvalue weighted by atomic mass is 10.0. The van der Waals surface area contributed by atoms with Crippen molar-refractivity contribution in [2.45, 2.75) is 122 Å². The van der Waals surface area contributed by atoms with Crippen LogP contribution in [-0.2, 0) is 6.54 Å². The van der Waals surface area contributed by atoms with Gasteiger partial charge in [0.05, 0.1) is 26.7 Å². The molecule has 1 rings (SSSR count). The van der Waals surface area contributed by atoms with Crippen molar-refractivity contribution in [2.75, 3.05) is 27.2 Å². The quantitative estimate of drug-likeness (QED) is 0.0784. The average Bonchev–Trinajstić information content (AvgIpc) is 2.81. The summed E-state index contributed by atoms with van der Waals surface area (Å²) in [7, 11) is 4.48. The standard InChI is InChI=1S/C30H54N2O2.ClH/c1-4-5-6-7-8-10-16-22-29(33)23-17-11-9-12-18-24-30(34)31-25-19-26-32(2,3)27-28-20-14-13-15-21-28;/h13-15,20-21,29,33H,4-12,16-19,22-27H2,1-3H3;1H. The fourth-order valence-electron chi connectivity index (χ4n) is 4.61. The second kappa shape index (κ2) is 22.1. The van der Waals surface area contributed by atoms with E-state index in [0.717, 1.165) is 68.9 Å². The van der Waals surface area contributed by atoms with Crippen molar-refractivity contribution in [3.63, 3.8) is 0 Å². The van der Waals surface area contributed by atoms with Gasteiger partial charge in [0, 0.05) is 18.5 Å². The van der Waals surface area contributed by atoms with Gasteiger partial charge in [0.2, 0.25) is 0 Å². The number of nitrogens with zero attached hydrogens (tertiary/aromatic N) is 2. The van der Waals surface area contributed by atoms with Gasteiger partial charge in [-0.3, -0.25) is 0 Å². The van der Waals surface area contributed by atoms with E-state index >= 15 is 0 Å². The molecule has 1 aromatic rings. The molecule has 1 atom stereocenters. The molecule has 0 aliphatic rings. The summed E-state index contributed by atoms with van der Waals surface area (Å²) < 4.78 is 0.918. The summed E-state index contributed by atoms with van der Waals surface area (Å²) in [5.41, 5.74) is 1.35. The number of quaternary nitrogens is 1. The van der Waals surface area contributed by atoms with Gasteiger partial charge in [-0.05, 0) is 31.6 Å². The van der Waals surface area contributed by atoms with E-state index in [1.165, 1.54) is 50.5 Å². The summed E-state index contributed by atoms with van der Waals surface area (Å²) in [6.45, 7) is 4.93. The molecule has 0 saturated carbocycles. The molecule has 1 N–H and O–H groups in total. The monoisotopic (exact) mass is 510 g/mol. The summed E-state index contributed by atoms with van der Waals surface area (Å²) >= 11 is 0. The number of benzene rings is 1. The van der Waals surface area contributed by atoms with Crippen molar-refractivity contribution in [2.24, 2.45) is 4.99 Å². The number of aliphatic hydroxyl groups excluding tert-OH is 1. The molecular weight excluding hydrogens is 456 g/mol. The molecule has 0 amide bonds. The van der Waals surface area contributed by atoms with Gasteiger partial charge in [0.1, 0.15) is 6.54 Å². The number of unbranched alkanes of at least 4 members (excludes halogenated alkanes) is 10. The third kappa shape index (κ3) is 20.8. The molecule has 0 aliphatic carbocycles. The minimum atomic E-state index is -0.118. The van der Waals surface area contributed by atoms with Crippen LogP contribution in [0, 0.1) is 0 Å². The molecule has 0 bridgehead atoms. The highest BCUT2D eigenvalue weighted by Gasteiger charge is 2.14. The molecule has 0 radical (unpaired) electrons. The molecule has 0 spiro atoms. The molecule has 0 saturated heterocycles. The Morgan fingerprint density at radius 2 is 1.37 bits per heavy atom. The number of halogens is 1. The van der Waals surface area contributed by atoms with Crippen molar-refractivity contribution in [1.82, 2.24) is 0 Å². The van der Waals surface area contributed by atoms with Crippen LogP contribution in [0.1, 0.15) is 115 Å². The lowest BCUT2D eigenvalue weighted by Crippen LogP contribution is -2.39. The Hall–Kier alpha value is -1.10. The average molecular weight is 511 g/mol. The van der Waals surface area contributed by atoms with Gasteiger partial charge in [-0.2, -0.15) is 0 Å². The maximum atomic E-state index is 12.0. The van der Waals surface area contributed by atoms with Crippen LogP contribution in [0.4, 0.5) is 0 Å². The van der Waals surface area contributed by atoms with Crippen LogP contribution in [-0.4, -0.2) is 48.8 Å². The predicted molar refractivity (Wildman–Crippen MR) is 152 cm³/mol. The highest BCUT2D eigenvalue weighted by atomic mass is 35.5. The number of hydrogen-bond acceptors (Lipinski definition) is 3. The van der Waals surface area contributed by atoms with E-state index in [1.807, 2.05) is 0 Å². The normalized spacial score (nSPS) is 13.0. The molecule has 5 heteroatoms. The van der Waals surface area contributed by atoms with Gasteiger partial charge >= 0.3 is 0 Å². The number of aliphatic hydroxyl groups is 1. The van der Waals surface area contributed by atoms with E-state index in [0.29, 0.717) is 13.0 Å². The van der Waals surface area contributed by atoms with Crippen LogP contribution in [0.25, 0.3) is 0 Å². The number of aliphatic imine (C=N–C) groups is 1. The van der Waals surface area contributed by atoms with Crippen LogP contribution in [0.2, 0.25) is 0 Å². The van der Waals surface area contributed by atoms with Crippen molar-refractivity contribution in [3.8, 4) is 0 Å². The maximum Gasteiger partial charge on any atom is 0.104 e. The first-order valence-corrected chi connectivity index (χ1v) is 14.2. The van der Waals surface area contributed by atoms with Crippen LogP contribution >= 0.6 is 12.4 Å². The molecule has 35 heavy (non-hydrogen) atoms. The highest BCUT2D eigenvalue weighted by molar-refractivity contribution is 5.85. The van der Waals surface area contributed by atoms with Crippen molar-refractivity contribution < 1.29 is 14.7 Å². The minimum absolute atomic E-state index is 0. The lowest BCUT2D eigenvalue weighted by Gasteiger charge is -2.29. The molecule has 4 nitrogen and oxygen atoms in total. The SMILES string of the molecule is CCCCCCCCCC(O)CCCCCCCC([O-])=NCCC[N+](C)(C)Cc1ccccc1.Cl.